The topological polar surface area (TPSA) is 24.1 Å². The van der Waals surface area contributed by atoms with Gasteiger partial charge in [0.1, 0.15) is 0 Å². The molecule has 0 unspecified atom stereocenters. The SMILES string of the molecule is CNc1c(Br)ccc(Br)c1NC. The van der Waals surface area contributed by atoms with Gasteiger partial charge in [0.25, 0.3) is 0 Å². The first-order valence-corrected chi connectivity index (χ1v) is 5.12. The summed E-state index contributed by atoms with van der Waals surface area (Å²) in [6.07, 6.45) is 0. The predicted octanol–water partition coefficient (Wildman–Crippen LogP) is 3.30. The van der Waals surface area contributed by atoms with Crippen LogP contribution in [-0.4, -0.2) is 14.1 Å². The first kappa shape index (κ1) is 9.86. The van der Waals surface area contributed by atoms with Crippen LogP contribution in [0, 0.1) is 0 Å². The van der Waals surface area contributed by atoms with Crippen molar-refractivity contribution in [1.29, 1.82) is 0 Å². The van der Waals surface area contributed by atoms with E-state index in [-0.39, 0.29) is 0 Å². The van der Waals surface area contributed by atoms with Crippen molar-refractivity contribution in [1.82, 2.24) is 0 Å². The molecule has 0 aliphatic rings. The van der Waals surface area contributed by atoms with Crippen molar-refractivity contribution >= 4 is 43.2 Å². The van der Waals surface area contributed by atoms with Crippen LogP contribution in [0.5, 0.6) is 0 Å². The molecule has 0 atom stereocenters. The number of nitrogens with one attached hydrogen (secondary N) is 2. The molecule has 0 bridgehead atoms. The number of benzene rings is 1. The summed E-state index contributed by atoms with van der Waals surface area (Å²) in [6.45, 7) is 0. The van der Waals surface area contributed by atoms with Crippen molar-refractivity contribution in [3.8, 4) is 0 Å². The summed E-state index contributed by atoms with van der Waals surface area (Å²) in [6, 6.07) is 3.99. The zero-order valence-electron chi connectivity index (χ0n) is 6.91. The highest BCUT2D eigenvalue weighted by atomic mass is 79.9. The Morgan fingerprint density at radius 2 is 1.25 bits per heavy atom. The van der Waals surface area contributed by atoms with E-state index in [4.69, 9.17) is 0 Å². The number of hydrogen-bond donors (Lipinski definition) is 2. The lowest BCUT2D eigenvalue weighted by Crippen LogP contribution is -1.98. The van der Waals surface area contributed by atoms with Gasteiger partial charge in [-0.25, -0.2) is 0 Å². The monoisotopic (exact) mass is 292 g/mol. The lowest BCUT2D eigenvalue weighted by atomic mass is 10.2. The summed E-state index contributed by atoms with van der Waals surface area (Å²) in [4.78, 5) is 0. The van der Waals surface area contributed by atoms with Crippen LogP contribution in [0.15, 0.2) is 21.1 Å². The third-order valence-electron chi connectivity index (χ3n) is 1.60. The van der Waals surface area contributed by atoms with E-state index in [1.165, 1.54) is 0 Å². The molecule has 4 heteroatoms. The highest BCUT2D eigenvalue weighted by Gasteiger charge is 2.06. The van der Waals surface area contributed by atoms with Gasteiger partial charge in [-0.05, 0) is 44.0 Å². The Balaban J connectivity index is 3.28. The van der Waals surface area contributed by atoms with E-state index in [0.717, 1.165) is 20.3 Å². The second-order valence-corrected chi connectivity index (χ2v) is 3.99. The Kier molecular flexibility index (Phi) is 3.40. The van der Waals surface area contributed by atoms with Crippen molar-refractivity contribution in [3.63, 3.8) is 0 Å². The summed E-state index contributed by atoms with van der Waals surface area (Å²) in [7, 11) is 3.79. The summed E-state index contributed by atoms with van der Waals surface area (Å²) in [5.41, 5.74) is 2.12. The summed E-state index contributed by atoms with van der Waals surface area (Å²) >= 11 is 6.92. The minimum absolute atomic E-state index is 1.05. The van der Waals surface area contributed by atoms with Crippen LogP contribution >= 0.6 is 31.9 Å². The van der Waals surface area contributed by atoms with Gasteiger partial charge in [-0.3, -0.25) is 0 Å². The molecular formula is C8H10Br2N2. The molecule has 0 amide bonds. The fourth-order valence-corrected chi connectivity index (χ4v) is 2.10. The van der Waals surface area contributed by atoms with Crippen molar-refractivity contribution in [2.24, 2.45) is 0 Å². The molecule has 0 spiro atoms. The van der Waals surface area contributed by atoms with Crippen LogP contribution in [0.25, 0.3) is 0 Å². The van der Waals surface area contributed by atoms with Gasteiger partial charge in [0.15, 0.2) is 0 Å². The van der Waals surface area contributed by atoms with E-state index in [1.54, 1.807) is 0 Å². The Morgan fingerprint density at radius 1 is 0.917 bits per heavy atom. The Morgan fingerprint density at radius 3 is 1.50 bits per heavy atom. The molecule has 1 rings (SSSR count). The molecule has 1 aromatic carbocycles. The van der Waals surface area contributed by atoms with Gasteiger partial charge in [0.2, 0.25) is 0 Å². The summed E-state index contributed by atoms with van der Waals surface area (Å²) < 4.78 is 2.11. The quantitative estimate of drug-likeness (QED) is 0.874. The van der Waals surface area contributed by atoms with Crippen LogP contribution < -0.4 is 10.6 Å². The average molecular weight is 294 g/mol. The normalized spacial score (nSPS) is 9.67. The largest absolute Gasteiger partial charge is 0.386 e. The maximum atomic E-state index is 3.46. The maximum Gasteiger partial charge on any atom is 0.0729 e. The standard InChI is InChI=1S/C8H10Br2N2/c1-11-7-5(9)3-4-6(10)8(7)12-2/h3-4,11-12H,1-2H3. The fourth-order valence-electron chi connectivity index (χ4n) is 1.04. The van der Waals surface area contributed by atoms with Crippen molar-refractivity contribution in [2.45, 2.75) is 0 Å². The number of halogens is 2. The number of hydrogen-bond acceptors (Lipinski definition) is 2. The molecule has 66 valence electrons. The predicted molar refractivity (Wildman–Crippen MR) is 60.9 cm³/mol. The Bertz CT molecular complexity index is 258. The van der Waals surface area contributed by atoms with Crippen LogP contribution in [0.4, 0.5) is 11.4 Å². The Hall–Kier alpha value is -0.220. The molecule has 0 aliphatic heterocycles. The van der Waals surface area contributed by atoms with Gasteiger partial charge >= 0.3 is 0 Å². The van der Waals surface area contributed by atoms with Gasteiger partial charge in [0.05, 0.1) is 11.4 Å². The second kappa shape index (κ2) is 4.14. The van der Waals surface area contributed by atoms with Crippen molar-refractivity contribution in [3.05, 3.63) is 21.1 Å². The molecule has 1 aromatic rings. The minimum atomic E-state index is 1.05. The van der Waals surface area contributed by atoms with Crippen molar-refractivity contribution < 1.29 is 0 Å². The van der Waals surface area contributed by atoms with Crippen LogP contribution in [-0.2, 0) is 0 Å². The van der Waals surface area contributed by atoms with Crippen molar-refractivity contribution in [2.75, 3.05) is 24.7 Å². The van der Waals surface area contributed by atoms with E-state index < -0.39 is 0 Å². The minimum Gasteiger partial charge on any atom is -0.386 e. The van der Waals surface area contributed by atoms with Gasteiger partial charge in [-0.15, -0.1) is 0 Å². The van der Waals surface area contributed by atoms with Gasteiger partial charge in [-0.2, -0.15) is 0 Å². The first-order chi connectivity index (χ1) is 5.70. The third kappa shape index (κ3) is 1.75. The number of anilines is 2. The van der Waals surface area contributed by atoms with Crippen LogP contribution in [0.2, 0.25) is 0 Å². The molecule has 2 N–H and O–H groups in total. The highest BCUT2D eigenvalue weighted by molar-refractivity contribution is 9.11. The fraction of sp³-hybridized carbons (Fsp3) is 0.250. The smallest absolute Gasteiger partial charge is 0.0729 e. The second-order valence-electron chi connectivity index (χ2n) is 2.28. The van der Waals surface area contributed by atoms with E-state index in [0.29, 0.717) is 0 Å². The maximum absolute atomic E-state index is 3.46. The molecule has 0 fully saturated rings. The molecule has 0 aliphatic carbocycles. The summed E-state index contributed by atoms with van der Waals surface area (Å²) in [5.74, 6) is 0. The zero-order chi connectivity index (χ0) is 9.14. The molecule has 0 saturated heterocycles. The third-order valence-corrected chi connectivity index (χ3v) is 2.93. The van der Waals surface area contributed by atoms with Gasteiger partial charge < -0.3 is 10.6 Å². The molecule has 0 heterocycles. The zero-order valence-corrected chi connectivity index (χ0v) is 10.1. The first-order valence-electron chi connectivity index (χ1n) is 3.54. The Labute approximate surface area is 89.0 Å². The molecule has 2 nitrogen and oxygen atoms in total. The molecule has 12 heavy (non-hydrogen) atoms. The van der Waals surface area contributed by atoms with E-state index in [2.05, 4.69) is 42.5 Å². The molecular weight excluding hydrogens is 284 g/mol. The van der Waals surface area contributed by atoms with E-state index in [1.807, 2.05) is 26.2 Å². The molecule has 0 aromatic heterocycles. The highest BCUT2D eigenvalue weighted by Crippen LogP contribution is 2.36. The van der Waals surface area contributed by atoms with E-state index >= 15 is 0 Å². The van der Waals surface area contributed by atoms with E-state index in [9.17, 15) is 0 Å². The van der Waals surface area contributed by atoms with Crippen LogP contribution in [0.1, 0.15) is 0 Å². The van der Waals surface area contributed by atoms with Gasteiger partial charge in [0, 0.05) is 23.0 Å². The van der Waals surface area contributed by atoms with Gasteiger partial charge in [-0.1, -0.05) is 0 Å². The molecule has 0 saturated carbocycles. The average Bonchev–Trinajstić information content (AvgIpc) is 2.08. The molecule has 0 radical (unpaired) electrons. The number of rotatable bonds is 2. The van der Waals surface area contributed by atoms with Crippen LogP contribution in [0.3, 0.4) is 0 Å². The summed E-state index contributed by atoms with van der Waals surface area (Å²) in [5, 5.41) is 6.23. The lowest BCUT2D eigenvalue weighted by Gasteiger charge is -2.12. The lowest BCUT2D eigenvalue weighted by molar-refractivity contribution is 1.42.